The summed E-state index contributed by atoms with van der Waals surface area (Å²) in [5.41, 5.74) is 0. The monoisotopic (exact) mass is 275 g/mol. The van der Waals surface area contributed by atoms with Crippen LogP contribution in [-0.4, -0.2) is 23.9 Å². The highest BCUT2D eigenvalue weighted by atomic mass is 16.2. The highest BCUT2D eigenvalue weighted by molar-refractivity contribution is 5.80. The topological polar surface area (TPSA) is 20.3 Å². The summed E-state index contributed by atoms with van der Waals surface area (Å²) in [7, 11) is 0. The molecule has 0 aromatic carbocycles. The molecule has 4 aliphatic carbocycles. The molecule has 4 bridgehead atoms. The standard InChI is InChI=1S/C18H29NO/c1-11-3-12(2)10-19(9-11)18(20)17-15-5-13-4-14(7-15)8-16(17)6-13/h11-17H,3-10H2,1-2H3. The third kappa shape index (κ3) is 2.10. The van der Waals surface area contributed by atoms with Gasteiger partial charge in [0.15, 0.2) is 0 Å². The van der Waals surface area contributed by atoms with Crippen molar-refractivity contribution in [3.05, 3.63) is 0 Å². The molecule has 5 fully saturated rings. The van der Waals surface area contributed by atoms with E-state index in [2.05, 4.69) is 18.7 Å². The summed E-state index contributed by atoms with van der Waals surface area (Å²) in [5.74, 6) is 5.76. The number of likely N-dealkylation sites (tertiary alicyclic amines) is 1. The highest BCUT2D eigenvalue weighted by Crippen LogP contribution is 2.57. The molecule has 2 nitrogen and oxygen atoms in total. The lowest BCUT2D eigenvalue weighted by atomic mass is 9.51. The average molecular weight is 275 g/mol. The third-order valence-electron chi connectivity index (χ3n) is 6.69. The molecule has 1 saturated heterocycles. The van der Waals surface area contributed by atoms with Crippen molar-refractivity contribution in [3.63, 3.8) is 0 Å². The molecule has 2 unspecified atom stereocenters. The Morgan fingerprint density at radius 3 is 1.80 bits per heavy atom. The Bertz CT molecular complexity index is 366. The molecular formula is C18H29NO. The van der Waals surface area contributed by atoms with Gasteiger partial charge in [0.25, 0.3) is 0 Å². The van der Waals surface area contributed by atoms with Crippen LogP contribution in [0.5, 0.6) is 0 Å². The first-order valence-electron chi connectivity index (χ1n) is 8.89. The second-order valence-electron chi connectivity index (χ2n) is 8.65. The van der Waals surface area contributed by atoms with Crippen molar-refractivity contribution in [1.29, 1.82) is 0 Å². The van der Waals surface area contributed by atoms with Crippen molar-refractivity contribution in [2.24, 2.45) is 41.4 Å². The fourth-order valence-electron chi connectivity index (χ4n) is 6.38. The first-order chi connectivity index (χ1) is 9.60. The lowest BCUT2D eigenvalue weighted by Crippen LogP contribution is -2.54. The second-order valence-corrected chi connectivity index (χ2v) is 8.65. The number of carbonyl (C=O) groups excluding carboxylic acids is 1. The Kier molecular flexibility index (Phi) is 3.12. The zero-order chi connectivity index (χ0) is 13.9. The molecule has 112 valence electrons. The number of hydrogen-bond acceptors (Lipinski definition) is 1. The molecule has 0 N–H and O–H groups in total. The Hall–Kier alpha value is -0.530. The normalized spacial score (nSPS) is 50.5. The number of carbonyl (C=O) groups is 1. The van der Waals surface area contributed by atoms with E-state index in [4.69, 9.17) is 0 Å². The second kappa shape index (κ2) is 4.74. The van der Waals surface area contributed by atoms with Gasteiger partial charge in [0, 0.05) is 19.0 Å². The molecule has 5 rings (SSSR count). The van der Waals surface area contributed by atoms with E-state index in [0.29, 0.717) is 23.7 Å². The quantitative estimate of drug-likeness (QED) is 0.716. The van der Waals surface area contributed by atoms with Crippen LogP contribution < -0.4 is 0 Å². The van der Waals surface area contributed by atoms with Crippen molar-refractivity contribution < 1.29 is 4.79 Å². The molecule has 5 aliphatic rings. The van der Waals surface area contributed by atoms with Gasteiger partial charge < -0.3 is 4.90 Å². The van der Waals surface area contributed by atoms with Crippen molar-refractivity contribution in [3.8, 4) is 0 Å². The van der Waals surface area contributed by atoms with Gasteiger partial charge in [-0.1, -0.05) is 13.8 Å². The average Bonchev–Trinajstić information content (AvgIpc) is 2.35. The number of hydrogen-bond donors (Lipinski definition) is 0. The van der Waals surface area contributed by atoms with Crippen LogP contribution in [0.4, 0.5) is 0 Å². The summed E-state index contributed by atoms with van der Waals surface area (Å²) in [6.07, 6.45) is 8.23. The van der Waals surface area contributed by atoms with Crippen LogP contribution in [0.25, 0.3) is 0 Å². The number of amides is 1. The van der Waals surface area contributed by atoms with Crippen molar-refractivity contribution in [1.82, 2.24) is 4.90 Å². The maximum atomic E-state index is 13.1. The van der Waals surface area contributed by atoms with Gasteiger partial charge >= 0.3 is 0 Å². The van der Waals surface area contributed by atoms with Gasteiger partial charge in [-0.05, 0) is 74.0 Å². The van der Waals surface area contributed by atoms with E-state index in [-0.39, 0.29) is 0 Å². The predicted octanol–water partition coefficient (Wildman–Crippen LogP) is 3.56. The first kappa shape index (κ1) is 13.2. The molecule has 1 amide bonds. The zero-order valence-electron chi connectivity index (χ0n) is 13.1. The number of nitrogens with zero attached hydrogens (tertiary/aromatic N) is 1. The summed E-state index contributed by atoms with van der Waals surface area (Å²) in [5, 5.41) is 0. The van der Waals surface area contributed by atoms with E-state index in [1.807, 2.05) is 0 Å². The molecule has 0 spiro atoms. The lowest BCUT2D eigenvalue weighted by Gasteiger charge is -2.54. The van der Waals surface area contributed by atoms with E-state index in [1.54, 1.807) is 0 Å². The zero-order valence-corrected chi connectivity index (χ0v) is 13.1. The maximum Gasteiger partial charge on any atom is 0.226 e. The van der Waals surface area contributed by atoms with Crippen LogP contribution in [0.3, 0.4) is 0 Å². The number of piperidine rings is 1. The molecule has 1 heterocycles. The minimum atomic E-state index is 0.403. The fraction of sp³-hybridized carbons (Fsp3) is 0.944. The summed E-state index contributed by atoms with van der Waals surface area (Å²) in [6, 6.07) is 0. The van der Waals surface area contributed by atoms with E-state index in [0.717, 1.165) is 36.8 Å². The molecule has 20 heavy (non-hydrogen) atoms. The van der Waals surface area contributed by atoms with E-state index < -0.39 is 0 Å². The van der Waals surface area contributed by atoms with Gasteiger partial charge in [-0.2, -0.15) is 0 Å². The van der Waals surface area contributed by atoms with Crippen molar-refractivity contribution >= 4 is 5.91 Å². The van der Waals surface area contributed by atoms with Crippen molar-refractivity contribution in [2.45, 2.75) is 52.4 Å². The summed E-state index contributed by atoms with van der Waals surface area (Å²) < 4.78 is 0. The SMILES string of the molecule is CC1CC(C)CN(C(=O)C2C3CC4CC(C3)CC2C4)C1. The van der Waals surface area contributed by atoms with Crippen molar-refractivity contribution in [2.75, 3.05) is 13.1 Å². The highest BCUT2D eigenvalue weighted by Gasteiger charge is 2.51. The Morgan fingerprint density at radius 1 is 0.800 bits per heavy atom. The van der Waals surface area contributed by atoms with Gasteiger partial charge in [-0.15, -0.1) is 0 Å². The van der Waals surface area contributed by atoms with Crippen LogP contribution in [0, 0.1) is 41.4 Å². The minimum Gasteiger partial charge on any atom is -0.342 e. The Balaban J connectivity index is 1.51. The summed E-state index contributed by atoms with van der Waals surface area (Å²) in [4.78, 5) is 15.3. The van der Waals surface area contributed by atoms with Gasteiger partial charge in [0.2, 0.25) is 5.91 Å². The number of rotatable bonds is 1. The summed E-state index contributed by atoms with van der Waals surface area (Å²) >= 11 is 0. The smallest absolute Gasteiger partial charge is 0.226 e. The van der Waals surface area contributed by atoms with Gasteiger partial charge in [0.1, 0.15) is 0 Å². The first-order valence-corrected chi connectivity index (χ1v) is 8.89. The molecule has 0 aromatic rings. The van der Waals surface area contributed by atoms with Crippen LogP contribution in [0.2, 0.25) is 0 Å². The molecule has 1 aliphatic heterocycles. The maximum absolute atomic E-state index is 13.1. The Morgan fingerprint density at radius 2 is 1.30 bits per heavy atom. The molecule has 2 heteroatoms. The van der Waals surface area contributed by atoms with E-state index in [1.165, 1.54) is 38.5 Å². The van der Waals surface area contributed by atoms with E-state index in [9.17, 15) is 4.79 Å². The fourth-order valence-corrected chi connectivity index (χ4v) is 6.38. The van der Waals surface area contributed by atoms with Gasteiger partial charge in [0.05, 0.1) is 0 Å². The Labute approximate surface area is 123 Å². The lowest BCUT2D eigenvalue weighted by molar-refractivity contribution is -0.151. The van der Waals surface area contributed by atoms with Gasteiger partial charge in [-0.3, -0.25) is 4.79 Å². The molecule has 4 saturated carbocycles. The molecule has 0 aromatic heterocycles. The van der Waals surface area contributed by atoms with Crippen LogP contribution in [0.1, 0.15) is 52.4 Å². The van der Waals surface area contributed by atoms with E-state index >= 15 is 0 Å². The predicted molar refractivity (Wildman–Crippen MR) is 80.1 cm³/mol. The molecule has 0 radical (unpaired) electrons. The molecule has 2 atom stereocenters. The van der Waals surface area contributed by atoms with Crippen LogP contribution in [-0.2, 0) is 4.79 Å². The summed E-state index contributed by atoms with van der Waals surface area (Å²) in [6.45, 7) is 6.66. The van der Waals surface area contributed by atoms with Gasteiger partial charge in [-0.25, -0.2) is 0 Å². The molecular weight excluding hydrogens is 246 g/mol. The largest absolute Gasteiger partial charge is 0.342 e. The minimum absolute atomic E-state index is 0.403. The third-order valence-corrected chi connectivity index (χ3v) is 6.69. The van der Waals surface area contributed by atoms with Crippen LogP contribution >= 0.6 is 0 Å². The van der Waals surface area contributed by atoms with Crippen LogP contribution in [0.15, 0.2) is 0 Å².